The number of aliphatic hydroxyl groups excluding tert-OH is 1. The van der Waals surface area contributed by atoms with Gasteiger partial charge in [0.05, 0.1) is 11.0 Å². The number of hydrogen-bond donors (Lipinski definition) is 1. The maximum absolute atomic E-state index is 12.4. The molecule has 0 radical (unpaired) electrons. The normalized spacial score (nSPS) is 26.2. The Bertz CT molecular complexity index is 515. The topological polar surface area (TPSA) is 57.6 Å². The number of hydrogen-bond acceptors (Lipinski definition) is 3. The fourth-order valence-corrected chi connectivity index (χ4v) is 3.80. The first-order chi connectivity index (χ1) is 8.41. The Kier molecular flexibility index (Phi) is 4.11. The maximum atomic E-state index is 12.4. The van der Waals surface area contributed by atoms with Crippen molar-refractivity contribution in [3.05, 3.63) is 29.8 Å². The van der Waals surface area contributed by atoms with E-state index in [0.29, 0.717) is 13.0 Å². The van der Waals surface area contributed by atoms with Crippen LogP contribution in [0.1, 0.15) is 12.0 Å². The molecule has 1 aliphatic rings. The van der Waals surface area contributed by atoms with E-state index in [4.69, 9.17) is 0 Å². The van der Waals surface area contributed by atoms with Gasteiger partial charge in [-0.05, 0) is 25.5 Å². The smallest absolute Gasteiger partial charge is 0.243 e. The van der Waals surface area contributed by atoms with E-state index in [-0.39, 0.29) is 16.3 Å². The van der Waals surface area contributed by atoms with Crippen LogP contribution in [0, 0.1) is 6.92 Å². The van der Waals surface area contributed by atoms with E-state index in [2.05, 4.69) is 15.9 Å². The SMILES string of the molecule is Cc1ccc(S(=O)(=O)N2CCC(Br)C(O)C2)cc1. The second-order valence-corrected chi connectivity index (χ2v) is 7.66. The zero-order chi connectivity index (χ0) is 13.3. The van der Waals surface area contributed by atoms with Crippen LogP contribution < -0.4 is 0 Å². The summed E-state index contributed by atoms with van der Waals surface area (Å²) in [6.45, 7) is 2.49. The van der Waals surface area contributed by atoms with Gasteiger partial charge in [0, 0.05) is 17.9 Å². The molecular formula is C12H16BrNO3S. The van der Waals surface area contributed by atoms with Crippen molar-refractivity contribution >= 4 is 26.0 Å². The van der Waals surface area contributed by atoms with Crippen molar-refractivity contribution in [3.63, 3.8) is 0 Å². The van der Waals surface area contributed by atoms with E-state index in [9.17, 15) is 13.5 Å². The fourth-order valence-electron chi connectivity index (χ4n) is 1.95. The van der Waals surface area contributed by atoms with E-state index in [1.807, 2.05) is 6.92 Å². The Morgan fingerprint density at radius 2 is 1.94 bits per heavy atom. The third-order valence-corrected chi connectivity index (χ3v) is 6.07. The maximum Gasteiger partial charge on any atom is 0.243 e. The van der Waals surface area contributed by atoms with E-state index in [1.54, 1.807) is 24.3 Å². The molecule has 6 heteroatoms. The van der Waals surface area contributed by atoms with Crippen LogP contribution in [0.2, 0.25) is 0 Å². The summed E-state index contributed by atoms with van der Waals surface area (Å²) < 4.78 is 26.0. The summed E-state index contributed by atoms with van der Waals surface area (Å²) in [5.74, 6) is 0. The molecule has 18 heavy (non-hydrogen) atoms. The lowest BCUT2D eigenvalue weighted by Gasteiger charge is -2.32. The number of halogens is 1. The van der Waals surface area contributed by atoms with Gasteiger partial charge in [0.1, 0.15) is 0 Å². The minimum atomic E-state index is -3.48. The van der Waals surface area contributed by atoms with Crippen LogP contribution in [0.4, 0.5) is 0 Å². The number of aryl methyl sites for hydroxylation is 1. The molecule has 2 atom stereocenters. The molecule has 1 aromatic carbocycles. The number of rotatable bonds is 2. The Hall–Kier alpha value is -0.430. The van der Waals surface area contributed by atoms with Gasteiger partial charge in [0.15, 0.2) is 0 Å². The molecule has 1 heterocycles. The number of nitrogens with zero attached hydrogens (tertiary/aromatic N) is 1. The quantitative estimate of drug-likeness (QED) is 0.834. The van der Waals surface area contributed by atoms with Crippen LogP contribution in [0.25, 0.3) is 0 Å². The summed E-state index contributed by atoms with van der Waals surface area (Å²) in [4.78, 5) is 0.260. The van der Waals surface area contributed by atoms with Crippen molar-refractivity contribution in [1.82, 2.24) is 4.31 Å². The second kappa shape index (κ2) is 5.28. The number of β-amino-alcohol motifs (C(OH)–C–C–N with tert-alkyl or cyclic N) is 1. The van der Waals surface area contributed by atoms with Crippen LogP contribution in [0.5, 0.6) is 0 Å². The Morgan fingerprint density at radius 1 is 1.33 bits per heavy atom. The van der Waals surface area contributed by atoms with Crippen LogP contribution in [-0.4, -0.2) is 41.9 Å². The third kappa shape index (κ3) is 2.77. The molecule has 1 aromatic rings. The number of benzene rings is 1. The Morgan fingerprint density at radius 3 is 2.50 bits per heavy atom. The zero-order valence-electron chi connectivity index (χ0n) is 10.1. The van der Waals surface area contributed by atoms with Crippen molar-refractivity contribution in [3.8, 4) is 0 Å². The average molecular weight is 334 g/mol. The van der Waals surface area contributed by atoms with Crippen molar-refractivity contribution < 1.29 is 13.5 Å². The molecule has 0 saturated carbocycles. The van der Waals surface area contributed by atoms with Gasteiger partial charge < -0.3 is 5.11 Å². The predicted molar refractivity (Wildman–Crippen MR) is 73.3 cm³/mol. The van der Waals surface area contributed by atoms with Crippen LogP contribution in [0.15, 0.2) is 29.2 Å². The number of alkyl halides is 1. The molecule has 4 nitrogen and oxygen atoms in total. The van der Waals surface area contributed by atoms with Crippen LogP contribution >= 0.6 is 15.9 Å². The lowest BCUT2D eigenvalue weighted by molar-refractivity contribution is 0.116. The largest absolute Gasteiger partial charge is 0.391 e. The van der Waals surface area contributed by atoms with Crippen molar-refractivity contribution in [1.29, 1.82) is 0 Å². The highest BCUT2D eigenvalue weighted by Gasteiger charge is 2.33. The van der Waals surface area contributed by atoms with Gasteiger partial charge in [-0.25, -0.2) is 8.42 Å². The van der Waals surface area contributed by atoms with Crippen LogP contribution in [-0.2, 0) is 10.0 Å². The summed E-state index contributed by atoms with van der Waals surface area (Å²) in [5.41, 5.74) is 1.02. The Labute approximate surface area is 116 Å². The first kappa shape index (κ1) is 14.0. The molecule has 100 valence electrons. The summed E-state index contributed by atoms with van der Waals surface area (Å²) in [6.07, 6.45) is -0.0364. The van der Waals surface area contributed by atoms with Gasteiger partial charge in [-0.1, -0.05) is 33.6 Å². The molecule has 2 unspecified atom stereocenters. The third-order valence-electron chi connectivity index (χ3n) is 3.12. The van der Waals surface area contributed by atoms with Gasteiger partial charge in [0.25, 0.3) is 0 Å². The van der Waals surface area contributed by atoms with E-state index < -0.39 is 16.1 Å². The molecule has 1 N–H and O–H groups in total. The van der Waals surface area contributed by atoms with E-state index in [0.717, 1.165) is 5.56 Å². The average Bonchev–Trinajstić information content (AvgIpc) is 2.33. The summed E-state index contributed by atoms with van der Waals surface area (Å²) >= 11 is 3.34. The monoisotopic (exact) mass is 333 g/mol. The number of aliphatic hydroxyl groups is 1. The molecule has 1 fully saturated rings. The molecule has 1 saturated heterocycles. The van der Waals surface area contributed by atoms with Gasteiger partial charge in [-0.3, -0.25) is 0 Å². The highest BCUT2D eigenvalue weighted by molar-refractivity contribution is 9.09. The summed E-state index contributed by atoms with van der Waals surface area (Å²) in [6, 6.07) is 6.77. The van der Waals surface area contributed by atoms with Gasteiger partial charge in [-0.15, -0.1) is 0 Å². The molecule has 0 amide bonds. The highest BCUT2D eigenvalue weighted by Crippen LogP contribution is 2.24. The molecule has 0 aliphatic carbocycles. The lowest BCUT2D eigenvalue weighted by Crippen LogP contribution is -2.46. The molecule has 0 aromatic heterocycles. The van der Waals surface area contributed by atoms with Crippen molar-refractivity contribution in [2.75, 3.05) is 13.1 Å². The zero-order valence-corrected chi connectivity index (χ0v) is 12.5. The van der Waals surface area contributed by atoms with Gasteiger partial charge in [0.2, 0.25) is 10.0 Å². The van der Waals surface area contributed by atoms with Crippen molar-refractivity contribution in [2.45, 2.75) is 29.2 Å². The molecular weight excluding hydrogens is 318 g/mol. The van der Waals surface area contributed by atoms with Gasteiger partial charge >= 0.3 is 0 Å². The lowest BCUT2D eigenvalue weighted by atomic mass is 10.1. The van der Waals surface area contributed by atoms with Crippen molar-refractivity contribution in [2.24, 2.45) is 0 Å². The minimum Gasteiger partial charge on any atom is -0.391 e. The van der Waals surface area contributed by atoms with Gasteiger partial charge in [-0.2, -0.15) is 4.31 Å². The first-order valence-electron chi connectivity index (χ1n) is 5.80. The minimum absolute atomic E-state index is 0.0260. The van der Waals surface area contributed by atoms with Crippen LogP contribution in [0.3, 0.4) is 0 Å². The Balaban J connectivity index is 2.24. The second-order valence-electron chi connectivity index (χ2n) is 4.55. The number of piperidine rings is 1. The fraction of sp³-hybridized carbons (Fsp3) is 0.500. The molecule has 0 bridgehead atoms. The number of sulfonamides is 1. The molecule has 1 aliphatic heterocycles. The standard InChI is InChI=1S/C12H16BrNO3S/c1-9-2-4-10(5-3-9)18(16,17)14-7-6-11(13)12(15)8-14/h2-5,11-12,15H,6-8H2,1H3. The first-order valence-corrected chi connectivity index (χ1v) is 8.16. The molecule has 0 spiro atoms. The van der Waals surface area contributed by atoms with E-state index >= 15 is 0 Å². The summed E-state index contributed by atoms with van der Waals surface area (Å²) in [7, 11) is -3.48. The summed E-state index contributed by atoms with van der Waals surface area (Å²) in [5, 5.41) is 9.75. The predicted octanol–water partition coefficient (Wildman–Crippen LogP) is 1.51. The molecule has 2 rings (SSSR count). The van der Waals surface area contributed by atoms with E-state index in [1.165, 1.54) is 4.31 Å². The highest BCUT2D eigenvalue weighted by atomic mass is 79.9.